The van der Waals surface area contributed by atoms with Crippen molar-refractivity contribution in [3.05, 3.63) is 74.7 Å². The van der Waals surface area contributed by atoms with Crippen molar-refractivity contribution in [2.45, 2.75) is 0 Å². The summed E-state index contributed by atoms with van der Waals surface area (Å²) in [7, 11) is 0. The number of aromatic nitrogens is 2. The number of carbonyl (C=O) groups excluding carboxylic acids is 1. The van der Waals surface area contributed by atoms with Crippen molar-refractivity contribution in [1.29, 1.82) is 0 Å². The molecule has 0 aliphatic rings. The molecule has 1 heterocycles. The van der Waals surface area contributed by atoms with Crippen molar-refractivity contribution in [3.8, 4) is 0 Å². The lowest BCUT2D eigenvalue weighted by atomic mass is 10.2. The Labute approximate surface area is 117 Å². The fourth-order valence-electron chi connectivity index (χ4n) is 2.11. The van der Waals surface area contributed by atoms with Crippen molar-refractivity contribution < 1.29 is 9.72 Å². The molecule has 0 saturated heterocycles. The number of para-hydroxylation sites is 2. The molecule has 3 rings (SSSR count). The topological polar surface area (TPSA) is 98.0 Å². The van der Waals surface area contributed by atoms with E-state index in [9.17, 15) is 19.7 Å². The van der Waals surface area contributed by atoms with E-state index >= 15 is 0 Å². The van der Waals surface area contributed by atoms with Gasteiger partial charge in [-0.25, -0.2) is 9.36 Å². The molecule has 0 radical (unpaired) electrons. The second-order valence-electron chi connectivity index (χ2n) is 4.39. The maximum Gasteiger partial charge on any atom is 0.333 e. The quantitative estimate of drug-likeness (QED) is 0.573. The van der Waals surface area contributed by atoms with Crippen molar-refractivity contribution >= 4 is 22.6 Å². The molecule has 0 unspecified atom stereocenters. The van der Waals surface area contributed by atoms with Gasteiger partial charge in [-0.2, -0.15) is 0 Å². The molecule has 0 bridgehead atoms. The number of benzene rings is 2. The van der Waals surface area contributed by atoms with Crippen molar-refractivity contribution in [2.24, 2.45) is 0 Å². The summed E-state index contributed by atoms with van der Waals surface area (Å²) in [6.07, 6.45) is 0. The highest BCUT2D eigenvalue weighted by molar-refractivity contribution is 6.01. The Morgan fingerprint density at radius 1 is 1.10 bits per heavy atom. The van der Waals surface area contributed by atoms with E-state index in [1.54, 1.807) is 24.3 Å². The van der Waals surface area contributed by atoms with Gasteiger partial charge < -0.3 is 4.98 Å². The summed E-state index contributed by atoms with van der Waals surface area (Å²) >= 11 is 0. The van der Waals surface area contributed by atoms with Gasteiger partial charge in [0.05, 0.1) is 16.0 Å². The van der Waals surface area contributed by atoms with Crippen LogP contribution in [0.2, 0.25) is 0 Å². The maximum atomic E-state index is 12.4. The molecule has 0 spiro atoms. The van der Waals surface area contributed by atoms with Crippen LogP contribution < -0.4 is 5.69 Å². The zero-order chi connectivity index (χ0) is 15.0. The van der Waals surface area contributed by atoms with E-state index in [0.717, 1.165) is 4.57 Å². The third-order valence-electron chi connectivity index (χ3n) is 3.12. The molecule has 0 aliphatic heterocycles. The number of nitrogens with one attached hydrogen (secondary N) is 1. The van der Waals surface area contributed by atoms with Crippen LogP contribution in [0.4, 0.5) is 5.69 Å². The number of non-ortho nitro benzene ring substituents is 1. The van der Waals surface area contributed by atoms with E-state index in [2.05, 4.69) is 4.98 Å². The summed E-state index contributed by atoms with van der Waals surface area (Å²) in [6.45, 7) is 0. The van der Waals surface area contributed by atoms with Crippen molar-refractivity contribution in [2.75, 3.05) is 0 Å². The molecule has 1 N–H and O–H groups in total. The van der Waals surface area contributed by atoms with Crippen LogP contribution in [0, 0.1) is 10.1 Å². The van der Waals surface area contributed by atoms with Crippen molar-refractivity contribution in [3.63, 3.8) is 0 Å². The van der Waals surface area contributed by atoms with Crippen LogP contribution in [0.1, 0.15) is 10.4 Å². The number of hydrogen-bond donors (Lipinski definition) is 1. The minimum atomic E-state index is -0.549. The minimum Gasteiger partial charge on any atom is -0.305 e. The van der Waals surface area contributed by atoms with Gasteiger partial charge in [-0.05, 0) is 24.3 Å². The molecule has 0 amide bonds. The smallest absolute Gasteiger partial charge is 0.305 e. The lowest BCUT2D eigenvalue weighted by Gasteiger charge is -2.02. The summed E-state index contributed by atoms with van der Waals surface area (Å²) in [5.41, 5.74) is 0.563. The summed E-state index contributed by atoms with van der Waals surface area (Å²) in [5, 5.41) is 10.6. The van der Waals surface area contributed by atoms with Crippen LogP contribution in [0.25, 0.3) is 11.0 Å². The van der Waals surface area contributed by atoms with Crippen LogP contribution in [0.5, 0.6) is 0 Å². The van der Waals surface area contributed by atoms with Gasteiger partial charge >= 0.3 is 5.69 Å². The molecule has 3 aromatic rings. The molecule has 0 saturated carbocycles. The molecule has 7 nitrogen and oxygen atoms in total. The van der Waals surface area contributed by atoms with E-state index in [-0.39, 0.29) is 11.3 Å². The van der Waals surface area contributed by atoms with Crippen LogP contribution in [0.3, 0.4) is 0 Å². The van der Waals surface area contributed by atoms with E-state index in [1.807, 2.05) is 0 Å². The number of hydrogen-bond acceptors (Lipinski definition) is 4. The van der Waals surface area contributed by atoms with Gasteiger partial charge in [-0.1, -0.05) is 12.1 Å². The van der Waals surface area contributed by atoms with Crippen LogP contribution in [0.15, 0.2) is 53.3 Å². The van der Waals surface area contributed by atoms with Gasteiger partial charge in [0.2, 0.25) is 0 Å². The lowest BCUT2D eigenvalue weighted by molar-refractivity contribution is -0.384. The fraction of sp³-hybridized carbons (Fsp3) is 0. The Morgan fingerprint density at radius 2 is 1.76 bits per heavy atom. The Bertz CT molecular complexity index is 906. The molecule has 1 aromatic heterocycles. The third-order valence-corrected chi connectivity index (χ3v) is 3.12. The molecular weight excluding hydrogens is 274 g/mol. The molecule has 7 heteroatoms. The average Bonchev–Trinajstić information content (AvgIpc) is 2.82. The Hall–Kier alpha value is -3.22. The third kappa shape index (κ3) is 2.10. The predicted octanol–water partition coefficient (Wildman–Crippen LogP) is 1.93. The van der Waals surface area contributed by atoms with Gasteiger partial charge in [-0.15, -0.1) is 0 Å². The minimum absolute atomic E-state index is 0.113. The van der Waals surface area contributed by atoms with Gasteiger partial charge in [0, 0.05) is 17.7 Å². The first-order valence-corrected chi connectivity index (χ1v) is 6.07. The number of carbonyl (C=O) groups is 1. The number of rotatable bonds is 2. The first-order valence-electron chi connectivity index (χ1n) is 6.07. The Balaban J connectivity index is 2.10. The Kier molecular flexibility index (Phi) is 2.87. The molecule has 21 heavy (non-hydrogen) atoms. The normalized spacial score (nSPS) is 10.7. The van der Waals surface area contributed by atoms with E-state index in [1.165, 1.54) is 24.3 Å². The number of aromatic amines is 1. The van der Waals surface area contributed by atoms with E-state index < -0.39 is 16.5 Å². The second kappa shape index (κ2) is 4.71. The molecule has 0 fully saturated rings. The lowest BCUT2D eigenvalue weighted by Crippen LogP contribution is -2.24. The van der Waals surface area contributed by atoms with Gasteiger partial charge in [0.25, 0.3) is 11.6 Å². The fourth-order valence-corrected chi connectivity index (χ4v) is 2.11. The molecular formula is C14H9N3O4. The first kappa shape index (κ1) is 12.8. The van der Waals surface area contributed by atoms with Crippen LogP contribution in [-0.4, -0.2) is 20.4 Å². The first-order chi connectivity index (χ1) is 10.1. The monoisotopic (exact) mass is 283 g/mol. The number of H-pyrrole nitrogens is 1. The Morgan fingerprint density at radius 3 is 2.43 bits per heavy atom. The number of nitro groups is 1. The highest BCUT2D eigenvalue weighted by Gasteiger charge is 2.16. The molecule has 2 aromatic carbocycles. The largest absolute Gasteiger partial charge is 0.333 e. The SMILES string of the molecule is O=C(c1ccc([N+](=O)[O-])cc1)n1c(=O)[nH]c2ccccc21. The summed E-state index contributed by atoms with van der Waals surface area (Å²) in [6, 6.07) is 11.9. The molecule has 0 atom stereocenters. The summed E-state index contributed by atoms with van der Waals surface area (Å²) < 4.78 is 1.01. The number of nitro benzene ring substituents is 1. The average molecular weight is 283 g/mol. The number of imidazole rings is 1. The molecule has 104 valence electrons. The van der Waals surface area contributed by atoms with Crippen LogP contribution >= 0.6 is 0 Å². The van der Waals surface area contributed by atoms with Gasteiger partial charge in [-0.3, -0.25) is 14.9 Å². The van der Waals surface area contributed by atoms with E-state index in [0.29, 0.717) is 11.0 Å². The summed E-state index contributed by atoms with van der Waals surface area (Å²) in [5.74, 6) is -0.535. The van der Waals surface area contributed by atoms with Crippen molar-refractivity contribution in [1.82, 2.24) is 9.55 Å². The summed E-state index contributed by atoms with van der Waals surface area (Å²) in [4.78, 5) is 36.9. The van der Waals surface area contributed by atoms with Gasteiger partial charge in [0.15, 0.2) is 0 Å². The van der Waals surface area contributed by atoms with Gasteiger partial charge in [0.1, 0.15) is 0 Å². The number of nitrogens with zero attached hydrogens (tertiary/aromatic N) is 2. The maximum absolute atomic E-state index is 12.4. The molecule has 0 aliphatic carbocycles. The van der Waals surface area contributed by atoms with Crippen LogP contribution in [-0.2, 0) is 0 Å². The standard InChI is InChI=1S/C14H9N3O4/c18-13(9-5-7-10(8-6-9)17(20)21)16-12-4-2-1-3-11(12)15-14(16)19/h1-8H,(H,15,19). The highest BCUT2D eigenvalue weighted by Crippen LogP contribution is 2.15. The zero-order valence-corrected chi connectivity index (χ0v) is 10.6. The zero-order valence-electron chi connectivity index (χ0n) is 10.6. The van der Waals surface area contributed by atoms with E-state index in [4.69, 9.17) is 0 Å². The second-order valence-corrected chi connectivity index (χ2v) is 4.39. The predicted molar refractivity (Wildman–Crippen MR) is 75.4 cm³/mol. The highest BCUT2D eigenvalue weighted by atomic mass is 16.6. The number of fused-ring (bicyclic) bond motifs is 1.